The van der Waals surface area contributed by atoms with Crippen LogP contribution in [0.2, 0.25) is 5.28 Å². The van der Waals surface area contributed by atoms with E-state index in [1.165, 1.54) is 11.8 Å². The molecule has 0 saturated heterocycles. The Morgan fingerprint density at radius 3 is 3.06 bits per heavy atom. The second-order valence-electron chi connectivity index (χ2n) is 3.17. The number of hydrogen-bond acceptors (Lipinski definition) is 5. The lowest BCUT2D eigenvalue weighted by molar-refractivity contribution is 0.925. The van der Waals surface area contributed by atoms with Crippen molar-refractivity contribution in [2.24, 2.45) is 12.8 Å². The highest BCUT2D eigenvalue weighted by Crippen LogP contribution is 2.25. The maximum atomic E-state index is 5.83. The molecule has 2 rings (SSSR count). The molecule has 0 bridgehead atoms. The molecule has 0 spiro atoms. The Balaban J connectivity index is 2.34. The molecular weight excluding hydrogens is 258 g/mol. The molecule has 0 aliphatic rings. The number of hydrogen-bond donors (Lipinski definition) is 1. The third-order valence-corrected chi connectivity index (χ3v) is 3.04. The second kappa shape index (κ2) is 5.36. The Kier molecular flexibility index (Phi) is 3.84. The number of rotatable bonds is 2. The lowest BCUT2D eigenvalue weighted by Crippen LogP contribution is -1.95. The number of fused-ring (bicyclic) bond motifs is 1. The van der Waals surface area contributed by atoms with Gasteiger partial charge < -0.3 is 10.3 Å². The highest BCUT2D eigenvalue weighted by atomic mass is 35.5. The zero-order valence-corrected chi connectivity index (χ0v) is 10.7. The fourth-order valence-electron chi connectivity index (χ4n) is 1.32. The van der Waals surface area contributed by atoms with Crippen LogP contribution in [0.25, 0.3) is 11.2 Å². The van der Waals surface area contributed by atoms with E-state index in [-0.39, 0.29) is 5.28 Å². The summed E-state index contributed by atoms with van der Waals surface area (Å²) >= 11 is 7.33. The standard InChI is InChI=1S/C10H10ClN5S/c1-16-6-13-8-7(16)9(15-10(11)14-8)17-5-3-2-4-12/h6H,4-5,12H2,1H3. The summed E-state index contributed by atoms with van der Waals surface area (Å²) < 4.78 is 1.87. The Bertz CT molecular complexity index is 598. The van der Waals surface area contributed by atoms with Crippen molar-refractivity contribution < 1.29 is 0 Å². The number of thioether (sulfide) groups is 1. The van der Waals surface area contributed by atoms with E-state index in [4.69, 9.17) is 17.3 Å². The number of imidazole rings is 1. The monoisotopic (exact) mass is 267 g/mol. The molecule has 2 aromatic rings. The minimum Gasteiger partial charge on any atom is -0.330 e. The van der Waals surface area contributed by atoms with Crippen molar-refractivity contribution in [1.82, 2.24) is 19.5 Å². The largest absolute Gasteiger partial charge is 0.330 e. The van der Waals surface area contributed by atoms with Gasteiger partial charge >= 0.3 is 0 Å². The molecular formula is C10H10ClN5S. The van der Waals surface area contributed by atoms with Gasteiger partial charge in [-0.15, -0.1) is 0 Å². The molecule has 2 N–H and O–H groups in total. The number of aromatic nitrogens is 4. The molecule has 5 nitrogen and oxygen atoms in total. The first-order valence-electron chi connectivity index (χ1n) is 4.85. The number of halogens is 1. The molecule has 0 aromatic carbocycles. The average Bonchev–Trinajstić information content (AvgIpc) is 2.66. The van der Waals surface area contributed by atoms with Crippen LogP contribution >= 0.6 is 23.4 Å². The topological polar surface area (TPSA) is 69.6 Å². The van der Waals surface area contributed by atoms with Gasteiger partial charge in [-0.3, -0.25) is 0 Å². The van der Waals surface area contributed by atoms with E-state index in [1.807, 2.05) is 11.6 Å². The molecule has 2 aromatic heterocycles. The highest BCUT2D eigenvalue weighted by Gasteiger charge is 2.11. The molecule has 0 aliphatic heterocycles. The van der Waals surface area contributed by atoms with Gasteiger partial charge in [-0.05, 0) is 11.6 Å². The summed E-state index contributed by atoms with van der Waals surface area (Å²) in [5, 5.41) is 0.983. The van der Waals surface area contributed by atoms with Gasteiger partial charge in [0.05, 0.1) is 18.6 Å². The molecule has 2 heterocycles. The summed E-state index contributed by atoms with van der Waals surface area (Å²) in [6.07, 6.45) is 1.69. The zero-order chi connectivity index (χ0) is 12.3. The van der Waals surface area contributed by atoms with Crippen LogP contribution < -0.4 is 5.73 Å². The lowest BCUT2D eigenvalue weighted by Gasteiger charge is -2.01. The van der Waals surface area contributed by atoms with Crippen molar-refractivity contribution in [2.45, 2.75) is 5.03 Å². The molecule has 17 heavy (non-hydrogen) atoms. The normalized spacial score (nSPS) is 10.3. The SMILES string of the molecule is Cn1cnc2nc(Cl)nc(SCC#CCN)c21. The van der Waals surface area contributed by atoms with Crippen molar-refractivity contribution in [1.29, 1.82) is 0 Å². The first kappa shape index (κ1) is 12.2. The maximum absolute atomic E-state index is 5.83. The van der Waals surface area contributed by atoms with E-state index in [1.54, 1.807) is 6.33 Å². The molecule has 0 unspecified atom stereocenters. The van der Waals surface area contributed by atoms with Crippen LogP contribution in [-0.2, 0) is 7.05 Å². The van der Waals surface area contributed by atoms with Crippen molar-refractivity contribution in [3.05, 3.63) is 11.6 Å². The number of nitrogens with zero attached hydrogens (tertiary/aromatic N) is 4. The van der Waals surface area contributed by atoms with Gasteiger partial charge in [0.1, 0.15) is 10.5 Å². The Morgan fingerprint density at radius 2 is 2.29 bits per heavy atom. The molecule has 88 valence electrons. The summed E-state index contributed by atoms with van der Waals surface area (Å²) in [6, 6.07) is 0. The lowest BCUT2D eigenvalue weighted by atomic mass is 10.5. The summed E-state index contributed by atoms with van der Waals surface area (Å²) in [5.74, 6) is 6.35. The van der Waals surface area contributed by atoms with E-state index < -0.39 is 0 Å². The van der Waals surface area contributed by atoms with E-state index in [0.717, 1.165) is 10.5 Å². The first-order chi connectivity index (χ1) is 8.22. The van der Waals surface area contributed by atoms with Crippen molar-refractivity contribution in [3.8, 4) is 11.8 Å². The van der Waals surface area contributed by atoms with E-state index >= 15 is 0 Å². The summed E-state index contributed by atoms with van der Waals surface area (Å²) in [7, 11) is 1.89. The van der Waals surface area contributed by atoms with E-state index in [0.29, 0.717) is 17.9 Å². The summed E-state index contributed by atoms with van der Waals surface area (Å²) in [4.78, 5) is 12.4. The van der Waals surface area contributed by atoms with E-state index in [2.05, 4.69) is 26.8 Å². The maximum Gasteiger partial charge on any atom is 0.225 e. The molecule has 7 heteroatoms. The Hall–Kier alpha value is -1.29. The number of nitrogens with two attached hydrogens (primary N) is 1. The van der Waals surface area contributed by atoms with Crippen LogP contribution in [0, 0.1) is 11.8 Å². The molecule has 0 fully saturated rings. The van der Waals surface area contributed by atoms with Gasteiger partial charge in [-0.25, -0.2) is 9.97 Å². The summed E-state index contributed by atoms with van der Waals surface area (Å²) in [6.45, 7) is 0.367. The molecule has 0 aliphatic carbocycles. The van der Waals surface area contributed by atoms with Gasteiger partial charge in [-0.1, -0.05) is 23.6 Å². The smallest absolute Gasteiger partial charge is 0.225 e. The fourth-order valence-corrected chi connectivity index (χ4v) is 2.37. The minimum absolute atomic E-state index is 0.200. The van der Waals surface area contributed by atoms with Crippen LogP contribution in [0.4, 0.5) is 0 Å². The predicted molar refractivity (Wildman–Crippen MR) is 68.9 cm³/mol. The molecule has 0 amide bonds. The van der Waals surface area contributed by atoms with Gasteiger partial charge in [-0.2, -0.15) is 4.98 Å². The highest BCUT2D eigenvalue weighted by molar-refractivity contribution is 7.99. The second-order valence-corrected chi connectivity index (χ2v) is 4.47. The molecule has 0 atom stereocenters. The van der Waals surface area contributed by atoms with Crippen molar-refractivity contribution in [2.75, 3.05) is 12.3 Å². The fraction of sp³-hybridized carbons (Fsp3) is 0.300. The first-order valence-corrected chi connectivity index (χ1v) is 6.22. The van der Waals surface area contributed by atoms with E-state index in [9.17, 15) is 0 Å². The molecule has 0 radical (unpaired) electrons. The molecule has 0 saturated carbocycles. The Morgan fingerprint density at radius 1 is 1.47 bits per heavy atom. The Labute approximate surface area is 108 Å². The van der Waals surface area contributed by atoms with Gasteiger partial charge in [0, 0.05) is 7.05 Å². The van der Waals surface area contributed by atoms with Crippen LogP contribution in [-0.4, -0.2) is 31.8 Å². The number of aryl methyl sites for hydroxylation is 1. The van der Waals surface area contributed by atoms with Crippen LogP contribution in [0.3, 0.4) is 0 Å². The van der Waals surface area contributed by atoms with Crippen LogP contribution in [0.1, 0.15) is 0 Å². The zero-order valence-electron chi connectivity index (χ0n) is 9.14. The van der Waals surface area contributed by atoms with Gasteiger partial charge in [0.15, 0.2) is 5.65 Å². The predicted octanol–water partition coefficient (Wildman–Crippen LogP) is 1.07. The van der Waals surface area contributed by atoms with Crippen LogP contribution in [0.5, 0.6) is 0 Å². The van der Waals surface area contributed by atoms with Crippen molar-refractivity contribution >= 4 is 34.5 Å². The third-order valence-electron chi connectivity index (χ3n) is 2.02. The minimum atomic E-state index is 0.200. The summed E-state index contributed by atoms with van der Waals surface area (Å²) in [5.41, 5.74) is 6.75. The van der Waals surface area contributed by atoms with Gasteiger partial charge in [0.25, 0.3) is 0 Å². The van der Waals surface area contributed by atoms with Crippen LogP contribution in [0.15, 0.2) is 11.4 Å². The average molecular weight is 268 g/mol. The van der Waals surface area contributed by atoms with Gasteiger partial charge in [0.2, 0.25) is 5.28 Å². The third kappa shape index (κ3) is 2.69. The quantitative estimate of drug-likeness (QED) is 0.382. The van der Waals surface area contributed by atoms with Crippen molar-refractivity contribution in [3.63, 3.8) is 0 Å².